The van der Waals surface area contributed by atoms with E-state index in [1.54, 1.807) is 0 Å². The van der Waals surface area contributed by atoms with Crippen LogP contribution in [0.15, 0.2) is 0 Å². The maximum absolute atomic E-state index is 10.9. The molecule has 4 N–H and O–H groups in total. The Bertz CT molecular complexity index is 604. The molecule has 9 heteroatoms. The molecule has 7 unspecified atom stereocenters. The number of nitrogens with one attached hydrogen (secondary N) is 2. The normalized spacial score (nSPS) is 56.2. The molecule has 5 rings (SSSR count). The number of hydrogen-bond acceptors (Lipinski definition) is 7. The van der Waals surface area contributed by atoms with Crippen molar-refractivity contribution in [2.75, 3.05) is 19.8 Å². The largest absolute Gasteiger partial charge is 0.387 e. The summed E-state index contributed by atoms with van der Waals surface area (Å²) in [5.41, 5.74) is 0. The summed E-state index contributed by atoms with van der Waals surface area (Å²) in [6.07, 6.45) is 0.539. The number of fused-ring (bicyclic) bond motifs is 2. The third-order valence-electron chi connectivity index (χ3n) is 8.03. The molecule has 0 aromatic rings. The lowest BCUT2D eigenvalue weighted by atomic mass is 9.71. The van der Waals surface area contributed by atoms with Gasteiger partial charge in [-0.25, -0.2) is 0 Å². The highest BCUT2D eigenvalue weighted by Gasteiger charge is 2.56. The Balaban J connectivity index is 1.32. The number of rotatable bonds is 2. The van der Waals surface area contributed by atoms with Crippen molar-refractivity contribution in [3.8, 4) is 0 Å². The van der Waals surface area contributed by atoms with Crippen molar-refractivity contribution in [3.63, 3.8) is 0 Å². The van der Waals surface area contributed by atoms with Crippen LogP contribution in [0.25, 0.3) is 0 Å². The van der Waals surface area contributed by atoms with E-state index in [1.165, 1.54) is 0 Å². The number of likely N-dealkylation sites (tertiary alicyclic amines) is 1. The highest BCUT2D eigenvalue weighted by atomic mass is 35.5. The molecule has 5 fully saturated rings. The summed E-state index contributed by atoms with van der Waals surface area (Å²) in [5, 5.41) is 28.7. The third-order valence-corrected chi connectivity index (χ3v) is 9.12. The van der Waals surface area contributed by atoms with Crippen LogP contribution in [0.1, 0.15) is 32.6 Å². The fourth-order valence-corrected chi connectivity index (χ4v) is 7.03. The van der Waals surface area contributed by atoms with E-state index in [0.29, 0.717) is 24.5 Å². The summed E-state index contributed by atoms with van der Waals surface area (Å²) in [6, 6.07) is 0.416. The van der Waals surface area contributed by atoms with Crippen LogP contribution in [0, 0.1) is 17.8 Å². The quantitative estimate of drug-likeness (QED) is 0.460. The standard InChI is InChI=1S/C20H33Cl2N3O4/c1-9-11-2-4-25(19(11)24-8-23-9)20-16(27)15(26)18(29-20)17-12-7-14(22)13(21)6-10(12)3-5-28-17/h9-20,23-24,26-27H,2-8H2,1H3/t9?,10?,11?,12?,13?,14?,15-,16+,17+,18-,19?,20+/m0/s1. The number of ether oxygens (including phenoxy) is 2. The lowest BCUT2D eigenvalue weighted by Crippen LogP contribution is -2.61. The molecule has 166 valence electrons. The van der Waals surface area contributed by atoms with Crippen molar-refractivity contribution in [1.82, 2.24) is 15.5 Å². The van der Waals surface area contributed by atoms with Crippen molar-refractivity contribution < 1.29 is 19.7 Å². The first-order valence-electron chi connectivity index (χ1n) is 11.1. The van der Waals surface area contributed by atoms with Gasteiger partial charge in [-0.3, -0.25) is 10.2 Å². The summed E-state index contributed by atoms with van der Waals surface area (Å²) in [5.74, 6) is 1.10. The van der Waals surface area contributed by atoms with Gasteiger partial charge in [-0.05, 0) is 44.4 Å². The zero-order valence-corrected chi connectivity index (χ0v) is 18.3. The van der Waals surface area contributed by atoms with Crippen LogP contribution in [0.2, 0.25) is 0 Å². The van der Waals surface area contributed by atoms with Gasteiger partial charge >= 0.3 is 0 Å². The number of nitrogens with zero attached hydrogens (tertiary/aromatic N) is 1. The molecule has 0 bridgehead atoms. The fraction of sp³-hybridized carbons (Fsp3) is 1.00. The number of alkyl halides is 2. The van der Waals surface area contributed by atoms with Gasteiger partial charge in [0.2, 0.25) is 0 Å². The van der Waals surface area contributed by atoms with Crippen molar-refractivity contribution in [3.05, 3.63) is 0 Å². The fourth-order valence-electron chi connectivity index (χ4n) is 6.39. The molecule has 1 saturated carbocycles. The Labute approximate surface area is 182 Å². The van der Waals surface area contributed by atoms with E-state index >= 15 is 0 Å². The summed E-state index contributed by atoms with van der Waals surface area (Å²) < 4.78 is 12.5. The molecule has 5 aliphatic rings. The minimum Gasteiger partial charge on any atom is -0.387 e. The van der Waals surface area contributed by atoms with E-state index in [1.807, 2.05) is 0 Å². The van der Waals surface area contributed by atoms with E-state index in [-0.39, 0.29) is 28.9 Å². The van der Waals surface area contributed by atoms with Crippen molar-refractivity contribution in [1.29, 1.82) is 0 Å². The molecule has 29 heavy (non-hydrogen) atoms. The van der Waals surface area contributed by atoms with Crippen LogP contribution in [0.5, 0.6) is 0 Å². The minimum atomic E-state index is -0.968. The summed E-state index contributed by atoms with van der Waals surface area (Å²) in [6.45, 7) is 4.41. The molecule has 0 aromatic carbocycles. The highest BCUT2D eigenvalue weighted by molar-refractivity contribution is 6.30. The second-order valence-corrected chi connectivity index (χ2v) is 10.7. The topological polar surface area (TPSA) is 86.2 Å². The monoisotopic (exact) mass is 449 g/mol. The van der Waals surface area contributed by atoms with Crippen LogP contribution in [-0.4, -0.2) is 88.5 Å². The Morgan fingerprint density at radius 2 is 1.76 bits per heavy atom. The van der Waals surface area contributed by atoms with Crippen molar-refractivity contribution in [2.45, 2.75) is 86.2 Å². The number of aliphatic hydroxyl groups is 2. The molecular formula is C20H33Cl2N3O4. The van der Waals surface area contributed by atoms with Crippen LogP contribution < -0.4 is 10.6 Å². The molecule has 0 spiro atoms. The minimum absolute atomic E-state index is 0.0149. The highest BCUT2D eigenvalue weighted by Crippen LogP contribution is 2.46. The Kier molecular flexibility index (Phi) is 6.08. The number of halogens is 2. The summed E-state index contributed by atoms with van der Waals surface area (Å²) in [7, 11) is 0. The van der Waals surface area contributed by atoms with E-state index in [0.717, 1.165) is 38.9 Å². The van der Waals surface area contributed by atoms with Gasteiger partial charge in [0.1, 0.15) is 24.5 Å². The predicted octanol–water partition coefficient (Wildman–Crippen LogP) is 0.650. The van der Waals surface area contributed by atoms with Gasteiger partial charge in [0.25, 0.3) is 0 Å². The van der Waals surface area contributed by atoms with Crippen LogP contribution in [0.4, 0.5) is 0 Å². The summed E-state index contributed by atoms with van der Waals surface area (Å²) in [4.78, 5) is 2.19. The predicted molar refractivity (Wildman–Crippen MR) is 110 cm³/mol. The summed E-state index contributed by atoms with van der Waals surface area (Å²) >= 11 is 12.9. The SMILES string of the molecule is CC1NCNC2C1CCN2[C@@H]1O[C@H]([C@@H]2OCCC3CC(Cl)C(Cl)CC32)[C@@H](O)[C@H]1O. The average Bonchev–Trinajstić information content (AvgIpc) is 3.25. The van der Waals surface area contributed by atoms with Gasteiger partial charge in [0, 0.05) is 31.8 Å². The lowest BCUT2D eigenvalue weighted by molar-refractivity contribution is -0.174. The smallest absolute Gasteiger partial charge is 0.141 e. The molecule has 0 aromatic heterocycles. The van der Waals surface area contributed by atoms with Gasteiger partial charge in [-0.15, -0.1) is 23.2 Å². The van der Waals surface area contributed by atoms with Gasteiger partial charge in [-0.2, -0.15) is 0 Å². The van der Waals surface area contributed by atoms with Gasteiger partial charge < -0.3 is 25.0 Å². The first kappa shape index (κ1) is 21.2. The number of hydrogen-bond donors (Lipinski definition) is 4. The zero-order valence-electron chi connectivity index (χ0n) is 16.8. The van der Waals surface area contributed by atoms with Crippen LogP contribution in [0.3, 0.4) is 0 Å². The second-order valence-electron chi connectivity index (χ2n) is 9.53. The van der Waals surface area contributed by atoms with E-state index in [2.05, 4.69) is 22.5 Å². The molecule has 4 saturated heterocycles. The molecule has 1 aliphatic carbocycles. The molecule has 0 radical (unpaired) electrons. The molecule has 0 amide bonds. The van der Waals surface area contributed by atoms with Crippen molar-refractivity contribution in [2.24, 2.45) is 17.8 Å². The van der Waals surface area contributed by atoms with Gasteiger partial charge in [-0.1, -0.05) is 0 Å². The third kappa shape index (κ3) is 3.64. The molecule has 4 heterocycles. The molecule has 4 aliphatic heterocycles. The van der Waals surface area contributed by atoms with E-state index < -0.39 is 24.5 Å². The van der Waals surface area contributed by atoms with Crippen LogP contribution in [-0.2, 0) is 9.47 Å². The first-order valence-corrected chi connectivity index (χ1v) is 12.0. The maximum atomic E-state index is 10.9. The molecular weight excluding hydrogens is 417 g/mol. The number of aliphatic hydroxyl groups excluding tert-OH is 2. The maximum Gasteiger partial charge on any atom is 0.141 e. The second kappa shape index (κ2) is 8.34. The Morgan fingerprint density at radius 1 is 0.966 bits per heavy atom. The van der Waals surface area contributed by atoms with Gasteiger partial charge in [0.15, 0.2) is 0 Å². The van der Waals surface area contributed by atoms with Crippen molar-refractivity contribution >= 4 is 23.2 Å². The first-order chi connectivity index (χ1) is 14.0. The van der Waals surface area contributed by atoms with Crippen LogP contribution >= 0.6 is 23.2 Å². The Morgan fingerprint density at radius 3 is 2.59 bits per heavy atom. The zero-order chi connectivity index (χ0) is 20.3. The van der Waals surface area contributed by atoms with E-state index in [9.17, 15) is 10.2 Å². The lowest BCUT2D eigenvalue weighted by Gasteiger charge is -2.46. The van der Waals surface area contributed by atoms with Gasteiger partial charge in [0.05, 0.1) is 23.0 Å². The molecule has 12 atom stereocenters. The van der Waals surface area contributed by atoms with E-state index in [4.69, 9.17) is 32.7 Å². The average molecular weight is 450 g/mol. The molecule has 7 nitrogen and oxygen atoms in total. The Hall–Kier alpha value is 0.300.